The molecular weight excluding hydrogens is 416 g/mol. The van der Waals surface area contributed by atoms with Crippen molar-refractivity contribution in [3.8, 4) is 11.3 Å². The number of carbonyl (C=O) groups excluding carboxylic acids is 2. The van der Waals surface area contributed by atoms with E-state index in [1.807, 2.05) is 24.3 Å². The quantitative estimate of drug-likeness (QED) is 0.517. The van der Waals surface area contributed by atoms with Gasteiger partial charge in [-0.1, -0.05) is 23.7 Å². The highest BCUT2D eigenvalue weighted by Crippen LogP contribution is 2.37. The molecule has 0 aliphatic heterocycles. The number of rotatable bonds is 5. The van der Waals surface area contributed by atoms with E-state index in [1.165, 1.54) is 7.11 Å². The fraction of sp³-hybridized carbons (Fsp3) is 0.292. The van der Waals surface area contributed by atoms with Gasteiger partial charge >= 0.3 is 5.97 Å². The van der Waals surface area contributed by atoms with Gasteiger partial charge in [0, 0.05) is 17.2 Å². The zero-order chi connectivity index (χ0) is 21.8. The molecule has 1 N–H and O–H groups in total. The lowest BCUT2D eigenvalue weighted by Crippen LogP contribution is -2.22. The summed E-state index contributed by atoms with van der Waals surface area (Å²) in [6.07, 6.45) is 5.00. The number of nitrogens with zero attached hydrogens (tertiary/aromatic N) is 1. The number of hydrogen-bond acceptors (Lipinski definition) is 5. The second-order valence-corrected chi connectivity index (χ2v) is 8.05. The second kappa shape index (κ2) is 9.35. The zero-order valence-corrected chi connectivity index (χ0v) is 17.9. The molecule has 0 saturated heterocycles. The van der Waals surface area contributed by atoms with Crippen molar-refractivity contribution in [2.24, 2.45) is 5.92 Å². The molecule has 0 bridgehead atoms. The Morgan fingerprint density at radius 2 is 1.77 bits per heavy atom. The number of carbonyl (C=O) groups is 2. The van der Waals surface area contributed by atoms with Crippen LogP contribution in [-0.4, -0.2) is 24.0 Å². The normalized spacial score (nSPS) is 18.4. The molecular formula is C24H23ClN2O4. The van der Waals surface area contributed by atoms with Crippen LogP contribution >= 0.6 is 11.6 Å². The van der Waals surface area contributed by atoms with Crippen molar-refractivity contribution in [1.82, 2.24) is 4.98 Å². The lowest BCUT2D eigenvalue weighted by atomic mass is 9.82. The van der Waals surface area contributed by atoms with Gasteiger partial charge in [0.15, 0.2) is 11.7 Å². The van der Waals surface area contributed by atoms with E-state index in [1.54, 1.807) is 30.5 Å². The number of hydrogen-bond donors (Lipinski definition) is 1. The van der Waals surface area contributed by atoms with E-state index in [0.29, 0.717) is 27.9 Å². The third-order valence-electron chi connectivity index (χ3n) is 5.68. The minimum atomic E-state index is -0.261. The summed E-state index contributed by atoms with van der Waals surface area (Å²) in [6.45, 7) is 0. The van der Waals surface area contributed by atoms with Crippen LogP contribution < -0.4 is 5.32 Å². The van der Waals surface area contributed by atoms with E-state index in [9.17, 15) is 9.59 Å². The molecule has 1 fully saturated rings. The molecule has 0 atom stereocenters. The highest BCUT2D eigenvalue weighted by Gasteiger charge is 2.30. The minimum absolute atomic E-state index is 0.0239. The summed E-state index contributed by atoms with van der Waals surface area (Å²) in [5, 5.41) is 3.25. The molecule has 160 valence electrons. The smallest absolute Gasteiger partial charge is 0.308 e. The Labute approximate surface area is 185 Å². The Hall–Kier alpha value is -3.12. The van der Waals surface area contributed by atoms with Crippen LogP contribution in [0.25, 0.3) is 11.3 Å². The number of aromatic nitrogens is 1. The Balaban J connectivity index is 1.39. The average Bonchev–Trinajstić information content (AvgIpc) is 3.30. The molecule has 1 aromatic heterocycles. The molecule has 1 heterocycles. The highest BCUT2D eigenvalue weighted by atomic mass is 35.5. The number of halogens is 1. The number of oxazole rings is 1. The molecule has 2 aromatic carbocycles. The van der Waals surface area contributed by atoms with Crippen molar-refractivity contribution < 1.29 is 18.7 Å². The van der Waals surface area contributed by atoms with E-state index in [2.05, 4.69) is 10.3 Å². The zero-order valence-electron chi connectivity index (χ0n) is 17.1. The second-order valence-electron chi connectivity index (χ2n) is 7.65. The Morgan fingerprint density at radius 3 is 2.45 bits per heavy atom. The van der Waals surface area contributed by atoms with E-state index >= 15 is 0 Å². The molecule has 0 unspecified atom stereocenters. The largest absolute Gasteiger partial charge is 0.469 e. The summed E-state index contributed by atoms with van der Waals surface area (Å²) in [6, 6.07) is 14.3. The van der Waals surface area contributed by atoms with Crippen molar-refractivity contribution in [2.75, 3.05) is 12.4 Å². The van der Waals surface area contributed by atoms with Gasteiger partial charge in [-0.15, -0.1) is 0 Å². The molecule has 6 nitrogen and oxygen atoms in total. The maximum absolute atomic E-state index is 12.4. The number of ether oxygens (including phenoxy) is 1. The van der Waals surface area contributed by atoms with Crippen LogP contribution in [0.1, 0.15) is 47.8 Å². The number of benzene rings is 2. The molecule has 1 aliphatic rings. The summed E-state index contributed by atoms with van der Waals surface area (Å²) < 4.78 is 10.9. The maximum Gasteiger partial charge on any atom is 0.308 e. The first kappa shape index (κ1) is 21.1. The summed E-state index contributed by atoms with van der Waals surface area (Å²) in [5.74, 6) is 1.17. The first-order chi connectivity index (χ1) is 15.0. The van der Waals surface area contributed by atoms with Crippen molar-refractivity contribution in [1.29, 1.82) is 0 Å². The first-order valence-corrected chi connectivity index (χ1v) is 10.6. The molecule has 0 spiro atoms. The number of methoxy groups -OCH3 is 1. The van der Waals surface area contributed by atoms with Crippen LogP contribution in [0.5, 0.6) is 0 Å². The number of anilines is 1. The van der Waals surface area contributed by atoms with Gasteiger partial charge in [0.1, 0.15) is 0 Å². The summed E-state index contributed by atoms with van der Waals surface area (Å²) in [5.41, 5.74) is 1.96. The van der Waals surface area contributed by atoms with Gasteiger partial charge in [-0.2, -0.15) is 0 Å². The summed E-state index contributed by atoms with van der Waals surface area (Å²) in [7, 11) is 1.43. The number of esters is 1. The number of nitrogens with one attached hydrogen (secondary N) is 1. The van der Waals surface area contributed by atoms with Gasteiger partial charge in [0.2, 0.25) is 0 Å². The SMILES string of the molecule is COC(=O)C1CCC(c2ncc(-c3ccc(NC(=O)c4ccccc4Cl)cc3)o2)CC1. The standard InChI is InChI=1S/C24H23ClN2O4/c1-30-24(29)17-8-6-16(7-9-17)23-26-14-21(31-23)15-10-12-18(13-11-15)27-22(28)19-4-2-3-5-20(19)25/h2-5,10-14,16-17H,6-9H2,1H3,(H,27,28). The van der Waals surface area contributed by atoms with Crippen molar-refractivity contribution in [2.45, 2.75) is 31.6 Å². The predicted molar refractivity (Wildman–Crippen MR) is 118 cm³/mol. The van der Waals surface area contributed by atoms with Crippen LogP contribution in [0.2, 0.25) is 5.02 Å². The summed E-state index contributed by atoms with van der Waals surface area (Å²) in [4.78, 5) is 28.6. The minimum Gasteiger partial charge on any atom is -0.469 e. The van der Waals surface area contributed by atoms with E-state index < -0.39 is 0 Å². The van der Waals surface area contributed by atoms with Gasteiger partial charge in [-0.05, 0) is 62.1 Å². The van der Waals surface area contributed by atoms with Crippen molar-refractivity contribution in [3.63, 3.8) is 0 Å². The van der Waals surface area contributed by atoms with Gasteiger partial charge in [0.05, 0.1) is 29.8 Å². The fourth-order valence-electron chi connectivity index (χ4n) is 3.91. The van der Waals surface area contributed by atoms with Gasteiger partial charge in [0.25, 0.3) is 5.91 Å². The Bertz CT molecular complexity index is 1070. The average molecular weight is 439 g/mol. The van der Waals surface area contributed by atoms with Crippen molar-refractivity contribution in [3.05, 3.63) is 71.2 Å². The molecule has 0 radical (unpaired) electrons. The lowest BCUT2D eigenvalue weighted by molar-refractivity contribution is -0.146. The molecule has 1 aliphatic carbocycles. The molecule has 3 aromatic rings. The van der Waals surface area contributed by atoms with E-state index in [-0.39, 0.29) is 23.7 Å². The van der Waals surface area contributed by atoms with Gasteiger partial charge < -0.3 is 14.5 Å². The van der Waals surface area contributed by atoms with Crippen LogP contribution in [0.3, 0.4) is 0 Å². The highest BCUT2D eigenvalue weighted by molar-refractivity contribution is 6.34. The fourth-order valence-corrected chi connectivity index (χ4v) is 4.14. The van der Waals surface area contributed by atoms with Crippen LogP contribution in [0.4, 0.5) is 5.69 Å². The van der Waals surface area contributed by atoms with Gasteiger partial charge in [-0.25, -0.2) is 4.98 Å². The summed E-state index contributed by atoms with van der Waals surface area (Å²) >= 11 is 6.08. The molecule has 31 heavy (non-hydrogen) atoms. The van der Waals surface area contributed by atoms with Crippen molar-refractivity contribution >= 4 is 29.2 Å². The van der Waals surface area contributed by atoms with Gasteiger partial charge in [-0.3, -0.25) is 9.59 Å². The molecule has 1 amide bonds. The molecule has 7 heteroatoms. The molecule has 1 saturated carbocycles. The predicted octanol–water partition coefficient (Wildman–Crippen LogP) is 5.69. The van der Waals surface area contributed by atoms with Crippen LogP contribution in [0.15, 0.2) is 59.1 Å². The third kappa shape index (κ3) is 4.80. The Kier molecular flexibility index (Phi) is 6.37. The number of amides is 1. The van der Waals surface area contributed by atoms with E-state index in [0.717, 1.165) is 31.2 Å². The van der Waals surface area contributed by atoms with E-state index in [4.69, 9.17) is 20.8 Å². The monoisotopic (exact) mass is 438 g/mol. The van der Waals surface area contributed by atoms with Crippen LogP contribution in [0, 0.1) is 5.92 Å². The maximum atomic E-state index is 12.4. The molecule has 4 rings (SSSR count). The third-order valence-corrected chi connectivity index (χ3v) is 6.01. The van der Waals surface area contributed by atoms with Crippen LogP contribution in [-0.2, 0) is 9.53 Å². The topological polar surface area (TPSA) is 81.4 Å². The first-order valence-electron chi connectivity index (χ1n) is 10.2. The lowest BCUT2D eigenvalue weighted by Gasteiger charge is -2.24. The Morgan fingerprint density at radius 1 is 1.06 bits per heavy atom.